The van der Waals surface area contributed by atoms with Crippen LogP contribution in [0.15, 0.2) is 42.6 Å². The Kier molecular flexibility index (Phi) is 6.52. The topological polar surface area (TPSA) is 63.7 Å². The molecule has 2 amide bonds. The largest absolute Gasteiger partial charge is 0.497 e. The molecule has 144 valence electrons. The van der Waals surface area contributed by atoms with Crippen molar-refractivity contribution in [3.8, 4) is 11.6 Å². The maximum atomic E-state index is 12.4. The molecule has 6 nitrogen and oxygen atoms in total. The summed E-state index contributed by atoms with van der Waals surface area (Å²) in [4.78, 5) is 18.4. The van der Waals surface area contributed by atoms with Gasteiger partial charge in [-0.1, -0.05) is 12.1 Å². The van der Waals surface area contributed by atoms with Crippen LogP contribution in [0.4, 0.5) is 10.5 Å². The van der Waals surface area contributed by atoms with Crippen molar-refractivity contribution in [2.24, 2.45) is 5.92 Å². The van der Waals surface area contributed by atoms with Crippen molar-refractivity contribution in [3.63, 3.8) is 0 Å². The van der Waals surface area contributed by atoms with Gasteiger partial charge in [-0.15, -0.1) is 0 Å². The third-order valence-corrected chi connectivity index (χ3v) is 5.10. The van der Waals surface area contributed by atoms with E-state index in [-0.39, 0.29) is 6.03 Å². The Balaban J connectivity index is 1.41. The molecular formula is C21H27N3O3. The second-order valence-corrected chi connectivity index (χ2v) is 6.84. The highest BCUT2D eigenvalue weighted by molar-refractivity contribution is 5.89. The van der Waals surface area contributed by atoms with Crippen molar-refractivity contribution < 1.29 is 14.3 Å². The minimum atomic E-state index is -0.0597. The van der Waals surface area contributed by atoms with Gasteiger partial charge in [0.05, 0.1) is 26.1 Å². The van der Waals surface area contributed by atoms with Gasteiger partial charge in [0.15, 0.2) is 0 Å². The second-order valence-electron chi connectivity index (χ2n) is 6.84. The van der Waals surface area contributed by atoms with Crippen LogP contribution in [0.1, 0.15) is 24.8 Å². The molecule has 1 aromatic heterocycles. The van der Waals surface area contributed by atoms with Gasteiger partial charge in [-0.05, 0) is 55.4 Å². The summed E-state index contributed by atoms with van der Waals surface area (Å²) in [6.45, 7) is 1.59. The highest BCUT2D eigenvalue weighted by Gasteiger charge is 2.22. The van der Waals surface area contributed by atoms with Gasteiger partial charge < -0.3 is 19.7 Å². The summed E-state index contributed by atoms with van der Waals surface area (Å²) in [5, 5.41) is 2.90. The average molecular weight is 369 g/mol. The molecule has 1 N–H and O–H groups in total. The van der Waals surface area contributed by atoms with Crippen LogP contribution in [-0.2, 0) is 6.42 Å². The van der Waals surface area contributed by atoms with Gasteiger partial charge in [-0.3, -0.25) is 0 Å². The first kappa shape index (κ1) is 19.0. The van der Waals surface area contributed by atoms with Crippen molar-refractivity contribution in [1.29, 1.82) is 0 Å². The molecule has 0 bridgehead atoms. The number of ether oxygens (including phenoxy) is 2. The van der Waals surface area contributed by atoms with E-state index in [1.807, 2.05) is 17.0 Å². The lowest BCUT2D eigenvalue weighted by Gasteiger charge is -2.32. The number of benzene rings is 1. The predicted molar refractivity (Wildman–Crippen MR) is 105 cm³/mol. The number of nitrogens with zero attached hydrogens (tertiary/aromatic N) is 2. The molecule has 1 aliphatic rings. The van der Waals surface area contributed by atoms with Gasteiger partial charge in [0, 0.05) is 19.2 Å². The van der Waals surface area contributed by atoms with Crippen LogP contribution in [0.5, 0.6) is 11.6 Å². The summed E-state index contributed by atoms with van der Waals surface area (Å²) in [7, 11) is 3.25. The molecule has 3 rings (SSSR count). The number of aromatic nitrogens is 1. The lowest BCUT2D eigenvalue weighted by atomic mass is 9.90. The van der Waals surface area contributed by atoms with Gasteiger partial charge in [0.1, 0.15) is 5.75 Å². The summed E-state index contributed by atoms with van der Waals surface area (Å²) < 4.78 is 10.2. The Bertz CT molecular complexity index is 723. The number of carbonyl (C=O) groups excluding carboxylic acids is 1. The molecule has 0 saturated carbocycles. The van der Waals surface area contributed by atoms with E-state index in [0.717, 1.165) is 44.5 Å². The van der Waals surface area contributed by atoms with Crippen LogP contribution in [0.3, 0.4) is 0 Å². The van der Waals surface area contributed by atoms with E-state index >= 15 is 0 Å². The summed E-state index contributed by atoms with van der Waals surface area (Å²) in [6.07, 6.45) is 5.93. The fourth-order valence-electron chi connectivity index (χ4n) is 3.37. The quantitative estimate of drug-likeness (QED) is 0.837. The Labute approximate surface area is 160 Å². The van der Waals surface area contributed by atoms with Crippen LogP contribution in [-0.4, -0.2) is 43.2 Å². The second kappa shape index (κ2) is 9.26. The smallest absolute Gasteiger partial charge is 0.321 e. The molecule has 27 heavy (non-hydrogen) atoms. The lowest BCUT2D eigenvalue weighted by molar-refractivity contribution is 0.180. The summed E-state index contributed by atoms with van der Waals surface area (Å²) in [5.74, 6) is 2.09. The van der Waals surface area contributed by atoms with Crippen molar-refractivity contribution in [2.75, 3.05) is 32.6 Å². The first-order valence-corrected chi connectivity index (χ1v) is 9.37. The molecule has 1 aliphatic heterocycles. The maximum Gasteiger partial charge on any atom is 0.321 e. The first-order valence-electron chi connectivity index (χ1n) is 9.37. The predicted octanol–water partition coefficient (Wildman–Crippen LogP) is 3.98. The van der Waals surface area contributed by atoms with Gasteiger partial charge in [0.25, 0.3) is 0 Å². The SMILES string of the molecule is COc1ccc(CCC2CCN(C(=O)Nc3ccc(OC)nc3)CC2)cc1. The highest BCUT2D eigenvalue weighted by Crippen LogP contribution is 2.24. The zero-order valence-corrected chi connectivity index (χ0v) is 16.0. The van der Waals surface area contributed by atoms with Gasteiger partial charge in [-0.25, -0.2) is 9.78 Å². The fraction of sp³-hybridized carbons (Fsp3) is 0.429. The molecule has 0 radical (unpaired) electrons. The Morgan fingerprint density at radius 1 is 1.11 bits per heavy atom. The number of anilines is 1. The van der Waals surface area contributed by atoms with E-state index < -0.39 is 0 Å². The minimum Gasteiger partial charge on any atom is -0.497 e. The summed E-state index contributed by atoms with van der Waals surface area (Å²) >= 11 is 0. The number of likely N-dealkylation sites (tertiary alicyclic amines) is 1. The van der Waals surface area contributed by atoms with Crippen LogP contribution < -0.4 is 14.8 Å². The Morgan fingerprint density at radius 2 is 1.85 bits per heavy atom. The number of nitrogens with one attached hydrogen (secondary N) is 1. The molecule has 0 unspecified atom stereocenters. The van der Waals surface area contributed by atoms with E-state index in [4.69, 9.17) is 9.47 Å². The summed E-state index contributed by atoms with van der Waals surface area (Å²) in [6, 6.07) is 11.8. The fourth-order valence-corrected chi connectivity index (χ4v) is 3.37. The number of amides is 2. The number of urea groups is 1. The molecule has 1 saturated heterocycles. The van der Waals surface area contributed by atoms with E-state index in [1.54, 1.807) is 32.5 Å². The molecule has 2 heterocycles. The molecule has 0 spiro atoms. The van der Waals surface area contributed by atoms with Crippen LogP contribution >= 0.6 is 0 Å². The maximum absolute atomic E-state index is 12.4. The molecule has 0 aliphatic carbocycles. The number of hydrogen-bond acceptors (Lipinski definition) is 4. The van der Waals surface area contributed by atoms with E-state index in [0.29, 0.717) is 17.5 Å². The van der Waals surface area contributed by atoms with Crippen LogP contribution in [0, 0.1) is 5.92 Å². The number of carbonyl (C=O) groups is 1. The molecule has 1 fully saturated rings. The van der Waals surface area contributed by atoms with Crippen molar-refractivity contribution in [2.45, 2.75) is 25.7 Å². The van der Waals surface area contributed by atoms with Crippen LogP contribution in [0.25, 0.3) is 0 Å². The Hall–Kier alpha value is -2.76. The number of piperidine rings is 1. The van der Waals surface area contributed by atoms with Crippen molar-refractivity contribution in [3.05, 3.63) is 48.2 Å². The van der Waals surface area contributed by atoms with E-state index in [1.165, 1.54) is 5.56 Å². The molecular weight excluding hydrogens is 342 g/mol. The van der Waals surface area contributed by atoms with Gasteiger partial charge in [-0.2, -0.15) is 0 Å². The van der Waals surface area contributed by atoms with Crippen molar-refractivity contribution >= 4 is 11.7 Å². The third-order valence-electron chi connectivity index (χ3n) is 5.10. The highest BCUT2D eigenvalue weighted by atomic mass is 16.5. The van der Waals surface area contributed by atoms with E-state index in [9.17, 15) is 4.79 Å². The number of rotatable bonds is 6. The zero-order chi connectivity index (χ0) is 19.1. The average Bonchev–Trinajstić information content (AvgIpc) is 2.73. The van der Waals surface area contributed by atoms with E-state index in [2.05, 4.69) is 22.4 Å². The molecule has 2 aromatic rings. The molecule has 1 aromatic carbocycles. The van der Waals surface area contributed by atoms with Gasteiger partial charge in [0.2, 0.25) is 5.88 Å². The first-order chi connectivity index (χ1) is 13.2. The van der Waals surface area contributed by atoms with Crippen LogP contribution in [0.2, 0.25) is 0 Å². The summed E-state index contributed by atoms with van der Waals surface area (Å²) in [5.41, 5.74) is 2.02. The number of hydrogen-bond donors (Lipinski definition) is 1. The van der Waals surface area contributed by atoms with Gasteiger partial charge >= 0.3 is 6.03 Å². The molecule has 6 heteroatoms. The lowest BCUT2D eigenvalue weighted by Crippen LogP contribution is -2.41. The third kappa shape index (κ3) is 5.36. The number of aryl methyl sites for hydroxylation is 1. The van der Waals surface area contributed by atoms with Crippen molar-refractivity contribution in [1.82, 2.24) is 9.88 Å². The number of methoxy groups -OCH3 is 2. The normalized spacial score (nSPS) is 14.7. The minimum absolute atomic E-state index is 0.0597. The monoisotopic (exact) mass is 369 g/mol. The standard InChI is InChI=1S/C21H27N3O3/c1-26-19-8-5-16(6-9-19)3-4-17-11-13-24(14-12-17)21(25)23-18-7-10-20(27-2)22-15-18/h5-10,15,17H,3-4,11-14H2,1-2H3,(H,23,25). The zero-order valence-electron chi connectivity index (χ0n) is 16.0. The Morgan fingerprint density at radius 3 is 2.44 bits per heavy atom. The number of pyridine rings is 1. The molecule has 0 atom stereocenters.